The van der Waals surface area contributed by atoms with Gasteiger partial charge in [-0.15, -0.1) is 0 Å². The summed E-state index contributed by atoms with van der Waals surface area (Å²) in [6, 6.07) is 3.89. The number of aromatic nitrogens is 1. The summed E-state index contributed by atoms with van der Waals surface area (Å²) in [7, 11) is -0.810. The van der Waals surface area contributed by atoms with Crippen molar-refractivity contribution in [2.24, 2.45) is 0 Å². The first-order chi connectivity index (χ1) is 17.7. The predicted molar refractivity (Wildman–Crippen MR) is 154 cm³/mol. The van der Waals surface area contributed by atoms with Gasteiger partial charge in [-0.3, -0.25) is 4.55 Å². The minimum atomic E-state index is -4.03. The molecule has 1 aromatic heterocycles. The van der Waals surface area contributed by atoms with Crippen LogP contribution in [0.25, 0.3) is 12.2 Å². The molecule has 0 bridgehead atoms. The van der Waals surface area contributed by atoms with Crippen LogP contribution in [0.1, 0.15) is 43.5 Å². The summed E-state index contributed by atoms with van der Waals surface area (Å²) in [6.07, 6.45) is 10.3. The third-order valence-corrected chi connectivity index (χ3v) is 12.9. The first-order valence-corrected chi connectivity index (χ1v) is 17.9. The molecule has 3 heterocycles. The van der Waals surface area contributed by atoms with Gasteiger partial charge in [0, 0.05) is 0 Å². The van der Waals surface area contributed by atoms with Crippen LogP contribution in [0.5, 0.6) is 11.5 Å². The standard InChI is InChI=1S/C26H32N2O5S3Te/c1-6-18(13-24-27(7-2)26-22(34-24)10-9-17(3)37-26)14-25-28(11-8-12-36(29,30)31)19-15-20(32-4)21(33-5)16-23(19)35-25/h9-10,13-17H,6-8,11-12H2,1-5H3/p+1. The molecule has 7 nitrogen and oxygen atoms in total. The second kappa shape index (κ2) is 12.1. The average molecular weight is 677 g/mol. The Bertz CT molecular complexity index is 1360. The fraction of sp³-hybridized carbons (Fsp3) is 0.423. The minimum absolute atomic E-state index is 0.251. The third-order valence-electron chi connectivity index (χ3n) is 6.12. The summed E-state index contributed by atoms with van der Waals surface area (Å²) in [5.41, 5.74) is 2.15. The van der Waals surface area contributed by atoms with E-state index in [1.807, 2.05) is 23.5 Å². The number of anilines is 1. The number of ether oxygens (including phenoxy) is 2. The van der Waals surface area contributed by atoms with Crippen LogP contribution in [0, 0.1) is 0 Å². The van der Waals surface area contributed by atoms with E-state index in [4.69, 9.17) is 9.47 Å². The van der Waals surface area contributed by atoms with E-state index in [0.29, 0.717) is 28.4 Å². The van der Waals surface area contributed by atoms with Gasteiger partial charge in [0.15, 0.2) is 0 Å². The van der Waals surface area contributed by atoms with Gasteiger partial charge in [0.2, 0.25) is 0 Å². The van der Waals surface area contributed by atoms with Crippen molar-refractivity contribution in [3.05, 3.63) is 44.8 Å². The molecule has 0 saturated carbocycles. The summed E-state index contributed by atoms with van der Waals surface area (Å²) in [6.45, 7) is 8.09. The molecule has 2 aromatic rings. The molecule has 200 valence electrons. The van der Waals surface area contributed by atoms with Crippen molar-refractivity contribution in [2.45, 2.75) is 49.0 Å². The zero-order valence-corrected chi connectivity index (χ0v) is 26.5. The van der Waals surface area contributed by atoms with Crippen molar-refractivity contribution >= 4 is 75.7 Å². The molecule has 0 spiro atoms. The second-order valence-electron chi connectivity index (χ2n) is 8.66. The van der Waals surface area contributed by atoms with E-state index in [2.05, 4.69) is 54.5 Å². The van der Waals surface area contributed by atoms with Gasteiger partial charge in [-0.1, -0.05) is 0 Å². The van der Waals surface area contributed by atoms with E-state index in [1.165, 1.54) is 19.2 Å². The molecular formula is C26H33N2O5S3Te+. The number of benzene rings is 1. The Kier molecular flexibility index (Phi) is 9.36. The first kappa shape index (κ1) is 28.5. The van der Waals surface area contributed by atoms with Crippen molar-refractivity contribution in [1.82, 2.24) is 0 Å². The van der Waals surface area contributed by atoms with E-state index < -0.39 is 10.1 Å². The van der Waals surface area contributed by atoms with E-state index in [9.17, 15) is 13.0 Å². The fourth-order valence-corrected chi connectivity index (χ4v) is 10.9. The zero-order valence-electron chi connectivity index (χ0n) is 21.7. The Labute approximate surface area is 238 Å². The number of hydrogen-bond acceptors (Lipinski definition) is 7. The van der Waals surface area contributed by atoms with Crippen molar-refractivity contribution in [2.75, 3.05) is 31.4 Å². The molecule has 2 aliphatic rings. The summed E-state index contributed by atoms with van der Waals surface area (Å²) in [4.78, 5) is 4.53. The summed E-state index contributed by atoms with van der Waals surface area (Å²) < 4.78 is 47.7. The fourth-order valence-electron chi connectivity index (χ4n) is 4.25. The summed E-state index contributed by atoms with van der Waals surface area (Å²) >= 11 is 3.24. The molecule has 0 saturated heterocycles. The Morgan fingerprint density at radius 3 is 2.62 bits per heavy atom. The van der Waals surface area contributed by atoms with E-state index in [0.717, 1.165) is 28.6 Å². The van der Waals surface area contributed by atoms with Crippen LogP contribution in [0.2, 0.25) is 3.97 Å². The zero-order chi connectivity index (χ0) is 26.7. The van der Waals surface area contributed by atoms with Crippen LogP contribution in [-0.2, 0) is 16.7 Å². The summed E-state index contributed by atoms with van der Waals surface area (Å²) in [5, 5.41) is 2.28. The van der Waals surface area contributed by atoms with Gasteiger partial charge >= 0.3 is 212 Å². The van der Waals surface area contributed by atoms with Crippen molar-refractivity contribution < 1.29 is 27.0 Å². The molecule has 0 amide bonds. The van der Waals surface area contributed by atoms with E-state index in [-0.39, 0.29) is 26.7 Å². The SMILES string of the molecule is CCC(=Cc1sc2c([n+]1CC)[Te]C(C)C=C2)C=C1Sc2cc(OC)c(OC)cc2N1CCCS(=O)(=O)O. The molecule has 1 N–H and O–H groups in total. The second-order valence-corrected chi connectivity index (χ2v) is 16.3. The predicted octanol–water partition coefficient (Wildman–Crippen LogP) is 4.76. The topological polar surface area (TPSA) is 80.0 Å². The normalized spacial score (nSPS) is 18.3. The minimum Gasteiger partial charge on any atom is -0.286 e. The van der Waals surface area contributed by atoms with Gasteiger partial charge in [-0.25, -0.2) is 0 Å². The van der Waals surface area contributed by atoms with Crippen molar-refractivity contribution in [3.63, 3.8) is 0 Å². The first-order valence-electron chi connectivity index (χ1n) is 12.2. The van der Waals surface area contributed by atoms with Crippen LogP contribution in [0.15, 0.2) is 39.8 Å². The Morgan fingerprint density at radius 2 is 1.97 bits per heavy atom. The monoisotopic (exact) mass is 679 g/mol. The number of thioether (sulfide) groups is 1. The van der Waals surface area contributed by atoms with Gasteiger partial charge in [-0.05, 0) is 0 Å². The smallest absolute Gasteiger partial charge is 0.286 e. The molecule has 4 rings (SSSR count). The molecule has 0 fully saturated rings. The molecule has 11 heteroatoms. The van der Waals surface area contributed by atoms with Crippen LogP contribution in [-0.4, -0.2) is 60.4 Å². The number of rotatable bonds is 10. The van der Waals surface area contributed by atoms with Crippen molar-refractivity contribution in [1.29, 1.82) is 0 Å². The Hall–Kier alpha value is -1.48. The third kappa shape index (κ3) is 6.57. The van der Waals surface area contributed by atoms with Gasteiger partial charge in [0.25, 0.3) is 0 Å². The maximum absolute atomic E-state index is 11.4. The molecule has 1 atom stereocenters. The number of nitrogens with zero attached hydrogens (tertiary/aromatic N) is 2. The number of allylic oxidation sites excluding steroid dienone is 3. The van der Waals surface area contributed by atoms with Crippen LogP contribution in [0.3, 0.4) is 0 Å². The Morgan fingerprint density at radius 1 is 1.24 bits per heavy atom. The number of thiazole rings is 1. The van der Waals surface area contributed by atoms with Gasteiger partial charge in [0.1, 0.15) is 0 Å². The van der Waals surface area contributed by atoms with Crippen LogP contribution in [0.4, 0.5) is 5.69 Å². The van der Waals surface area contributed by atoms with Crippen LogP contribution < -0.4 is 22.7 Å². The molecule has 0 aliphatic carbocycles. The molecule has 1 unspecified atom stereocenters. The quantitative estimate of drug-likeness (QED) is 0.221. The Balaban J connectivity index is 1.72. The van der Waals surface area contributed by atoms with E-state index >= 15 is 0 Å². The number of hydrogen-bond donors (Lipinski definition) is 1. The van der Waals surface area contributed by atoms with Crippen LogP contribution >= 0.6 is 23.1 Å². The molecular weight excluding hydrogens is 644 g/mol. The van der Waals surface area contributed by atoms with Crippen molar-refractivity contribution in [3.8, 4) is 11.5 Å². The number of methoxy groups -OCH3 is 2. The maximum atomic E-state index is 11.4. The molecule has 37 heavy (non-hydrogen) atoms. The van der Waals surface area contributed by atoms with E-state index in [1.54, 1.807) is 26.0 Å². The average Bonchev–Trinajstić information content (AvgIpc) is 3.37. The molecule has 2 aliphatic heterocycles. The summed E-state index contributed by atoms with van der Waals surface area (Å²) in [5.74, 6) is 0.986. The molecule has 1 aromatic carbocycles. The molecule has 0 radical (unpaired) electrons. The van der Waals surface area contributed by atoms with Gasteiger partial charge < -0.3 is 0 Å². The van der Waals surface area contributed by atoms with Gasteiger partial charge in [0.05, 0.1) is 14.2 Å². The number of fused-ring (bicyclic) bond motifs is 2. The van der Waals surface area contributed by atoms with Gasteiger partial charge in [-0.2, -0.15) is 8.42 Å².